The van der Waals surface area contributed by atoms with Crippen molar-refractivity contribution in [2.24, 2.45) is 5.73 Å². The van der Waals surface area contributed by atoms with Crippen LogP contribution in [-0.4, -0.2) is 61.2 Å². The lowest BCUT2D eigenvalue weighted by molar-refractivity contribution is 0.0209. The fourth-order valence-corrected chi connectivity index (χ4v) is 3.06. The average Bonchev–Trinajstić information content (AvgIpc) is 2.98. The SMILES string of the molecule is N=C(N)c1ncccc1N1CCC(N2CCOCC2)C1. The van der Waals surface area contributed by atoms with Crippen molar-refractivity contribution in [1.82, 2.24) is 9.88 Å². The van der Waals surface area contributed by atoms with Crippen LogP contribution in [0.15, 0.2) is 18.3 Å². The van der Waals surface area contributed by atoms with E-state index in [1.807, 2.05) is 12.1 Å². The number of nitrogens with two attached hydrogens (primary N) is 1. The number of hydrogen-bond acceptors (Lipinski definition) is 5. The number of amidine groups is 1. The van der Waals surface area contributed by atoms with E-state index in [0.717, 1.165) is 51.5 Å². The van der Waals surface area contributed by atoms with Gasteiger partial charge in [0.1, 0.15) is 11.5 Å². The van der Waals surface area contributed by atoms with E-state index in [0.29, 0.717) is 11.7 Å². The van der Waals surface area contributed by atoms with Crippen LogP contribution in [0.5, 0.6) is 0 Å². The van der Waals surface area contributed by atoms with Crippen molar-refractivity contribution in [3.05, 3.63) is 24.0 Å². The number of nitrogens with zero attached hydrogens (tertiary/aromatic N) is 3. The first-order valence-corrected chi connectivity index (χ1v) is 7.12. The van der Waals surface area contributed by atoms with Gasteiger partial charge in [-0.3, -0.25) is 15.3 Å². The maximum absolute atomic E-state index is 7.65. The van der Waals surface area contributed by atoms with Crippen LogP contribution < -0.4 is 10.6 Å². The standard InChI is InChI=1S/C14H21N5O/c15-14(16)13-12(2-1-4-17-13)19-5-3-11(10-19)18-6-8-20-9-7-18/h1-2,4,11H,3,5-10H2,(H3,15,16). The van der Waals surface area contributed by atoms with Crippen molar-refractivity contribution in [2.75, 3.05) is 44.3 Å². The first kappa shape index (κ1) is 13.3. The second-order valence-electron chi connectivity index (χ2n) is 5.32. The molecule has 3 rings (SSSR count). The fourth-order valence-electron chi connectivity index (χ4n) is 3.06. The van der Waals surface area contributed by atoms with Gasteiger partial charge < -0.3 is 15.4 Å². The molecule has 2 aliphatic rings. The molecular formula is C14H21N5O. The Bertz CT molecular complexity index is 486. The van der Waals surface area contributed by atoms with Crippen LogP contribution in [-0.2, 0) is 4.74 Å². The summed E-state index contributed by atoms with van der Waals surface area (Å²) in [5.41, 5.74) is 7.20. The van der Waals surface area contributed by atoms with E-state index in [-0.39, 0.29) is 5.84 Å². The van der Waals surface area contributed by atoms with Gasteiger partial charge in [-0.25, -0.2) is 0 Å². The molecule has 0 saturated carbocycles. The van der Waals surface area contributed by atoms with Crippen LogP contribution in [0.3, 0.4) is 0 Å². The van der Waals surface area contributed by atoms with Crippen LogP contribution in [0.1, 0.15) is 12.1 Å². The molecule has 3 heterocycles. The molecule has 1 aromatic heterocycles. The minimum Gasteiger partial charge on any atom is -0.382 e. The summed E-state index contributed by atoms with van der Waals surface area (Å²) in [4.78, 5) is 9.04. The van der Waals surface area contributed by atoms with Crippen molar-refractivity contribution in [1.29, 1.82) is 5.41 Å². The third kappa shape index (κ3) is 2.62. The van der Waals surface area contributed by atoms with Gasteiger partial charge in [0.25, 0.3) is 0 Å². The Morgan fingerprint density at radius 1 is 1.35 bits per heavy atom. The highest BCUT2D eigenvalue weighted by Gasteiger charge is 2.30. The summed E-state index contributed by atoms with van der Waals surface area (Å²) in [6, 6.07) is 4.48. The molecule has 0 radical (unpaired) electrons. The molecule has 108 valence electrons. The highest BCUT2D eigenvalue weighted by Crippen LogP contribution is 2.25. The molecule has 6 nitrogen and oxygen atoms in total. The molecular weight excluding hydrogens is 254 g/mol. The van der Waals surface area contributed by atoms with E-state index < -0.39 is 0 Å². The van der Waals surface area contributed by atoms with E-state index in [9.17, 15) is 0 Å². The zero-order valence-electron chi connectivity index (χ0n) is 11.6. The van der Waals surface area contributed by atoms with Crippen molar-refractivity contribution < 1.29 is 4.74 Å². The van der Waals surface area contributed by atoms with E-state index in [1.165, 1.54) is 0 Å². The molecule has 0 aliphatic carbocycles. The molecule has 2 fully saturated rings. The van der Waals surface area contributed by atoms with Gasteiger partial charge in [-0.15, -0.1) is 0 Å². The first-order valence-electron chi connectivity index (χ1n) is 7.12. The smallest absolute Gasteiger partial charge is 0.143 e. The summed E-state index contributed by atoms with van der Waals surface area (Å²) >= 11 is 0. The number of nitrogens with one attached hydrogen (secondary N) is 1. The Morgan fingerprint density at radius 3 is 2.90 bits per heavy atom. The Kier molecular flexibility index (Phi) is 3.84. The molecule has 20 heavy (non-hydrogen) atoms. The highest BCUT2D eigenvalue weighted by molar-refractivity contribution is 5.98. The van der Waals surface area contributed by atoms with Crippen molar-refractivity contribution >= 4 is 11.5 Å². The summed E-state index contributed by atoms with van der Waals surface area (Å²) in [7, 11) is 0. The molecule has 3 N–H and O–H groups in total. The van der Waals surface area contributed by atoms with Gasteiger partial charge in [-0.1, -0.05) is 0 Å². The third-order valence-electron chi connectivity index (χ3n) is 4.11. The molecule has 0 aromatic carbocycles. The number of hydrogen-bond donors (Lipinski definition) is 2. The second kappa shape index (κ2) is 5.76. The van der Waals surface area contributed by atoms with Crippen LogP contribution in [0.4, 0.5) is 5.69 Å². The first-order chi connectivity index (χ1) is 9.75. The Balaban J connectivity index is 1.72. The zero-order chi connectivity index (χ0) is 13.9. The molecule has 1 aromatic rings. The molecule has 6 heteroatoms. The number of rotatable bonds is 3. The normalized spacial score (nSPS) is 24.0. The van der Waals surface area contributed by atoms with Gasteiger partial charge in [-0.05, 0) is 18.6 Å². The zero-order valence-corrected chi connectivity index (χ0v) is 11.6. The van der Waals surface area contributed by atoms with Crippen LogP contribution in [0.25, 0.3) is 0 Å². The molecule has 0 spiro atoms. The monoisotopic (exact) mass is 275 g/mol. The van der Waals surface area contributed by atoms with Gasteiger partial charge in [0, 0.05) is 38.4 Å². The molecule has 2 saturated heterocycles. The lowest BCUT2D eigenvalue weighted by Gasteiger charge is -2.32. The summed E-state index contributed by atoms with van der Waals surface area (Å²) < 4.78 is 5.41. The maximum atomic E-state index is 7.65. The second-order valence-corrected chi connectivity index (χ2v) is 5.32. The van der Waals surface area contributed by atoms with Crippen molar-refractivity contribution in [3.8, 4) is 0 Å². The number of aromatic nitrogens is 1. The van der Waals surface area contributed by atoms with Crippen LogP contribution in [0.2, 0.25) is 0 Å². The van der Waals surface area contributed by atoms with E-state index in [2.05, 4.69) is 14.8 Å². The lowest BCUT2D eigenvalue weighted by atomic mass is 10.2. The average molecular weight is 275 g/mol. The molecule has 1 atom stereocenters. The Hall–Kier alpha value is -1.66. The van der Waals surface area contributed by atoms with E-state index in [1.54, 1.807) is 6.20 Å². The van der Waals surface area contributed by atoms with Crippen LogP contribution >= 0.6 is 0 Å². The molecule has 1 unspecified atom stereocenters. The van der Waals surface area contributed by atoms with Crippen molar-refractivity contribution in [2.45, 2.75) is 12.5 Å². The molecule has 0 amide bonds. The Labute approximate surface area is 119 Å². The topological polar surface area (TPSA) is 78.5 Å². The number of anilines is 1. The number of morpholine rings is 1. The van der Waals surface area contributed by atoms with E-state index in [4.69, 9.17) is 15.9 Å². The van der Waals surface area contributed by atoms with Gasteiger partial charge in [0.2, 0.25) is 0 Å². The highest BCUT2D eigenvalue weighted by atomic mass is 16.5. The maximum Gasteiger partial charge on any atom is 0.143 e. The number of nitrogen functional groups attached to an aromatic ring is 1. The van der Waals surface area contributed by atoms with Gasteiger partial charge in [-0.2, -0.15) is 0 Å². The summed E-state index contributed by atoms with van der Waals surface area (Å²) in [6.45, 7) is 5.68. The van der Waals surface area contributed by atoms with Gasteiger partial charge >= 0.3 is 0 Å². The van der Waals surface area contributed by atoms with Crippen LogP contribution in [0, 0.1) is 5.41 Å². The number of ether oxygens (including phenoxy) is 1. The molecule has 2 aliphatic heterocycles. The predicted molar refractivity (Wildman–Crippen MR) is 78.3 cm³/mol. The minimum absolute atomic E-state index is 0.0374. The Morgan fingerprint density at radius 2 is 2.15 bits per heavy atom. The van der Waals surface area contributed by atoms with Crippen molar-refractivity contribution in [3.63, 3.8) is 0 Å². The van der Waals surface area contributed by atoms with E-state index >= 15 is 0 Å². The fraction of sp³-hybridized carbons (Fsp3) is 0.571. The summed E-state index contributed by atoms with van der Waals surface area (Å²) in [5, 5.41) is 7.65. The largest absolute Gasteiger partial charge is 0.382 e. The summed E-state index contributed by atoms with van der Waals surface area (Å²) in [6.07, 6.45) is 2.84. The quantitative estimate of drug-likeness (QED) is 0.612. The van der Waals surface area contributed by atoms with Gasteiger partial charge in [0.15, 0.2) is 0 Å². The minimum atomic E-state index is 0.0374. The van der Waals surface area contributed by atoms with Gasteiger partial charge in [0.05, 0.1) is 18.9 Å². The molecule has 0 bridgehead atoms. The lowest BCUT2D eigenvalue weighted by Crippen LogP contribution is -2.44. The predicted octanol–water partition coefficient (Wildman–Crippen LogP) is 0.277. The number of pyridine rings is 1. The summed E-state index contributed by atoms with van der Waals surface area (Å²) in [5.74, 6) is 0.0374. The third-order valence-corrected chi connectivity index (χ3v) is 4.11.